The molecule has 1 heterocycles. The van der Waals surface area contributed by atoms with Gasteiger partial charge in [0.25, 0.3) is 17.7 Å². The van der Waals surface area contributed by atoms with Crippen LogP contribution >= 0.6 is 11.6 Å². The van der Waals surface area contributed by atoms with Crippen molar-refractivity contribution < 1.29 is 36.4 Å². The zero-order valence-electron chi connectivity index (χ0n) is 25.7. The lowest BCUT2D eigenvalue weighted by molar-refractivity contribution is -0.146. The third-order valence-electron chi connectivity index (χ3n) is 8.54. The van der Waals surface area contributed by atoms with Crippen LogP contribution in [0.1, 0.15) is 70.3 Å². The molecular weight excluding hydrogens is 654 g/mol. The van der Waals surface area contributed by atoms with Gasteiger partial charge < -0.3 is 10.2 Å². The van der Waals surface area contributed by atoms with Gasteiger partial charge >= 0.3 is 5.92 Å². The Balaban J connectivity index is 1.49. The Bertz CT molecular complexity index is 1760. The van der Waals surface area contributed by atoms with Crippen LogP contribution in [0, 0.1) is 0 Å². The Morgan fingerprint density at radius 3 is 2.43 bits per heavy atom. The zero-order chi connectivity index (χ0) is 33.9. The van der Waals surface area contributed by atoms with E-state index in [1.807, 2.05) is 5.32 Å². The largest absolute Gasteiger partial charge is 0.354 e. The predicted molar refractivity (Wildman–Crippen MR) is 171 cm³/mol. The van der Waals surface area contributed by atoms with Crippen molar-refractivity contribution >= 4 is 39.3 Å². The van der Waals surface area contributed by atoms with Gasteiger partial charge in [0.2, 0.25) is 10.0 Å². The van der Waals surface area contributed by atoms with Crippen LogP contribution in [-0.4, -0.2) is 56.4 Å². The average Bonchev–Trinajstić information content (AvgIpc) is 3.04. The second-order valence-corrected chi connectivity index (χ2v) is 13.9. The van der Waals surface area contributed by atoms with Crippen molar-refractivity contribution in [2.75, 3.05) is 13.3 Å². The zero-order valence-corrected chi connectivity index (χ0v) is 27.3. The highest BCUT2D eigenvalue weighted by molar-refractivity contribution is 7.88. The highest BCUT2D eigenvalue weighted by Gasteiger charge is 2.49. The van der Waals surface area contributed by atoms with Crippen LogP contribution in [0.5, 0.6) is 0 Å². The molecule has 0 radical (unpaired) electrons. The van der Waals surface area contributed by atoms with Gasteiger partial charge in [-0.3, -0.25) is 19.2 Å². The van der Waals surface area contributed by atoms with Crippen molar-refractivity contribution in [3.05, 3.63) is 106 Å². The van der Waals surface area contributed by atoms with E-state index in [2.05, 4.69) is 10.2 Å². The SMILES string of the molecule is CNC(=O)C(F)(F)c1cccc(CONC(=O)[C@@H]2c3ccccc3C(=O)N([C@H]3CCCC[C@@H]3NS(C)(=O)=O)[C@H]2c2ccc(Cl)cc2)c1. The Morgan fingerprint density at radius 2 is 1.72 bits per heavy atom. The van der Waals surface area contributed by atoms with Crippen molar-refractivity contribution in [2.45, 2.75) is 62.3 Å². The summed E-state index contributed by atoms with van der Waals surface area (Å²) < 4.78 is 56.5. The number of nitrogens with one attached hydrogen (secondary N) is 3. The van der Waals surface area contributed by atoms with E-state index in [9.17, 15) is 31.6 Å². The number of carbonyl (C=O) groups excluding carboxylic acids is 3. The molecule has 1 saturated carbocycles. The summed E-state index contributed by atoms with van der Waals surface area (Å²) in [5.41, 5.74) is 3.54. The van der Waals surface area contributed by atoms with E-state index in [1.165, 1.54) is 12.1 Å². The molecule has 0 saturated heterocycles. The molecule has 1 fully saturated rings. The van der Waals surface area contributed by atoms with Gasteiger partial charge in [-0.1, -0.05) is 73.0 Å². The Hall–Kier alpha value is -3.91. The van der Waals surface area contributed by atoms with Crippen LogP contribution in [0.3, 0.4) is 0 Å². The topological polar surface area (TPSA) is 134 Å². The van der Waals surface area contributed by atoms with Gasteiger partial charge in [-0.2, -0.15) is 8.78 Å². The van der Waals surface area contributed by atoms with Crippen LogP contribution in [0.2, 0.25) is 5.02 Å². The van der Waals surface area contributed by atoms with Gasteiger partial charge in [0.05, 0.1) is 24.8 Å². The number of carbonyl (C=O) groups is 3. The van der Waals surface area contributed by atoms with Crippen molar-refractivity contribution in [1.29, 1.82) is 0 Å². The summed E-state index contributed by atoms with van der Waals surface area (Å²) in [4.78, 5) is 47.3. The number of fused-ring (bicyclic) bond motifs is 1. The molecule has 0 unspecified atom stereocenters. The predicted octanol–water partition coefficient (Wildman–Crippen LogP) is 4.57. The van der Waals surface area contributed by atoms with E-state index in [0.29, 0.717) is 34.6 Å². The Morgan fingerprint density at radius 1 is 1.02 bits per heavy atom. The van der Waals surface area contributed by atoms with E-state index < -0.39 is 57.4 Å². The molecule has 250 valence electrons. The molecule has 1 aliphatic carbocycles. The van der Waals surface area contributed by atoms with E-state index in [4.69, 9.17) is 16.4 Å². The summed E-state index contributed by atoms with van der Waals surface area (Å²) in [6.07, 6.45) is 3.61. The lowest BCUT2D eigenvalue weighted by Gasteiger charge is -2.49. The molecule has 14 heteroatoms. The fourth-order valence-electron chi connectivity index (χ4n) is 6.47. The first kappa shape index (κ1) is 34.4. The first-order chi connectivity index (χ1) is 22.3. The third kappa shape index (κ3) is 7.48. The molecule has 3 aromatic rings. The molecule has 1 aliphatic heterocycles. The van der Waals surface area contributed by atoms with Crippen LogP contribution in [-0.2, 0) is 37.0 Å². The Kier molecular flexibility index (Phi) is 10.3. The van der Waals surface area contributed by atoms with Crippen LogP contribution in [0.15, 0.2) is 72.8 Å². The number of likely N-dealkylation sites (N-methyl/N-ethyl adjacent to an activating group) is 1. The van der Waals surface area contributed by atoms with Crippen molar-refractivity contribution in [3.8, 4) is 0 Å². The smallest absolute Gasteiger partial charge is 0.349 e. The number of hydroxylamine groups is 1. The van der Waals surface area contributed by atoms with Crippen molar-refractivity contribution in [3.63, 3.8) is 0 Å². The second kappa shape index (κ2) is 14.1. The van der Waals surface area contributed by atoms with Crippen LogP contribution in [0.4, 0.5) is 8.78 Å². The van der Waals surface area contributed by atoms with Gasteiger partial charge in [0.15, 0.2) is 0 Å². The molecule has 0 bridgehead atoms. The molecule has 0 aromatic heterocycles. The minimum absolute atomic E-state index is 0.276. The second-order valence-electron chi connectivity index (χ2n) is 11.7. The third-order valence-corrected chi connectivity index (χ3v) is 9.52. The summed E-state index contributed by atoms with van der Waals surface area (Å²) in [7, 11) is -2.51. The molecule has 4 atom stereocenters. The van der Waals surface area contributed by atoms with Crippen molar-refractivity contribution in [1.82, 2.24) is 20.4 Å². The van der Waals surface area contributed by atoms with Gasteiger partial charge in [0, 0.05) is 35.3 Å². The molecule has 47 heavy (non-hydrogen) atoms. The molecule has 10 nitrogen and oxygen atoms in total. The number of alkyl halides is 2. The van der Waals surface area contributed by atoms with Gasteiger partial charge in [-0.15, -0.1) is 0 Å². The van der Waals surface area contributed by atoms with Gasteiger partial charge in [-0.05, 0) is 53.8 Å². The number of hydrogen-bond donors (Lipinski definition) is 3. The first-order valence-corrected chi connectivity index (χ1v) is 17.3. The molecule has 3 N–H and O–H groups in total. The quantitative estimate of drug-likeness (QED) is 0.268. The van der Waals surface area contributed by atoms with Crippen LogP contribution in [0.25, 0.3) is 0 Å². The first-order valence-electron chi connectivity index (χ1n) is 15.1. The summed E-state index contributed by atoms with van der Waals surface area (Å²) in [6, 6.07) is 16.6. The molecular formula is C33H35ClF2N4O6S. The van der Waals surface area contributed by atoms with E-state index in [0.717, 1.165) is 38.3 Å². The number of sulfonamides is 1. The highest BCUT2D eigenvalue weighted by Crippen LogP contribution is 2.46. The number of nitrogens with zero attached hydrogens (tertiary/aromatic N) is 1. The Labute approximate surface area is 276 Å². The minimum Gasteiger partial charge on any atom is -0.354 e. The number of rotatable bonds is 10. The highest BCUT2D eigenvalue weighted by atomic mass is 35.5. The normalized spacial score (nSPS) is 21.6. The minimum atomic E-state index is -3.77. The van der Waals surface area contributed by atoms with Crippen LogP contribution < -0.4 is 15.5 Å². The molecule has 3 amide bonds. The summed E-state index contributed by atoms with van der Waals surface area (Å²) in [5, 5.41) is 2.39. The van der Waals surface area contributed by atoms with E-state index in [-0.39, 0.29) is 18.1 Å². The monoisotopic (exact) mass is 688 g/mol. The van der Waals surface area contributed by atoms with E-state index >= 15 is 0 Å². The number of hydrogen-bond acceptors (Lipinski definition) is 6. The van der Waals surface area contributed by atoms with Gasteiger partial charge in [-0.25, -0.2) is 18.6 Å². The summed E-state index contributed by atoms with van der Waals surface area (Å²) in [5.74, 6) is -7.18. The molecule has 3 aromatic carbocycles. The van der Waals surface area contributed by atoms with Crippen molar-refractivity contribution in [2.24, 2.45) is 0 Å². The lowest BCUT2D eigenvalue weighted by atomic mass is 9.76. The average molecular weight is 689 g/mol. The van der Waals surface area contributed by atoms with Gasteiger partial charge in [0.1, 0.15) is 0 Å². The summed E-state index contributed by atoms with van der Waals surface area (Å²) >= 11 is 6.21. The van der Waals surface area contributed by atoms with E-state index in [1.54, 1.807) is 53.4 Å². The lowest BCUT2D eigenvalue weighted by Crippen LogP contribution is -2.59. The maximum Gasteiger partial charge on any atom is 0.349 e. The fourth-order valence-corrected chi connectivity index (χ4v) is 7.42. The maximum absolute atomic E-state index is 14.5. The fraction of sp³-hybridized carbons (Fsp3) is 0.364. The number of halogens is 3. The number of amides is 3. The molecule has 2 aliphatic rings. The maximum atomic E-state index is 14.5. The molecule has 0 spiro atoms. The summed E-state index contributed by atoms with van der Waals surface area (Å²) in [6.45, 7) is -0.297. The standard InChI is InChI=1S/C33H35ClF2N4O6S/c1-37-32(43)33(35,36)22-9-7-8-20(18-22)19-46-38-30(41)28-24-10-3-4-11-25(24)31(42)40(29(28)21-14-16-23(34)17-15-21)27-13-6-5-12-26(27)39-47(2,44)45/h3-4,7-11,14-18,26-29,39H,5-6,12-13,19H2,1-2H3,(H,37,43)(H,38,41)/t26-,27-,28+,29-/m0/s1. The number of benzene rings is 3. The molecule has 5 rings (SSSR count).